The fourth-order valence-electron chi connectivity index (χ4n) is 3.41. The van der Waals surface area contributed by atoms with Gasteiger partial charge in [-0.3, -0.25) is 9.59 Å². The maximum Gasteiger partial charge on any atom is 0.240 e. The molecule has 8 nitrogen and oxygen atoms in total. The Morgan fingerprint density at radius 3 is 1.36 bits per heavy atom. The Kier molecular flexibility index (Phi) is 13.0. The lowest BCUT2D eigenvalue weighted by molar-refractivity contribution is -0.110. The molecular formula is C29H40O8Si2. The summed E-state index contributed by atoms with van der Waals surface area (Å²) >= 11 is 0. The fourth-order valence-corrected chi connectivity index (χ4v) is 5.05. The molecule has 0 aliphatic heterocycles. The summed E-state index contributed by atoms with van der Waals surface area (Å²) in [6.07, 6.45) is -1.65. The molecular weight excluding hydrogens is 532 g/mol. The van der Waals surface area contributed by atoms with E-state index in [0.29, 0.717) is 22.6 Å². The first kappa shape index (κ1) is 32.3. The Hall–Kier alpha value is -2.87. The molecule has 39 heavy (non-hydrogen) atoms. The Bertz CT molecular complexity index is 1030. The Balaban J connectivity index is 1.82. The number of hydrogen-bond donors (Lipinski definition) is 2. The third kappa shape index (κ3) is 11.0. The first-order valence-corrected chi connectivity index (χ1v) is 15.3. The smallest absolute Gasteiger partial charge is 0.240 e. The Labute approximate surface area is 235 Å². The van der Waals surface area contributed by atoms with Gasteiger partial charge in [0.15, 0.2) is 10.8 Å². The molecule has 0 aliphatic carbocycles. The summed E-state index contributed by atoms with van der Waals surface area (Å²) in [5.74, 6) is 1.25. The monoisotopic (exact) mass is 572 g/mol. The van der Waals surface area contributed by atoms with Crippen molar-refractivity contribution in [2.75, 3.05) is 26.4 Å². The van der Waals surface area contributed by atoms with Crippen molar-refractivity contribution in [3.05, 3.63) is 84.0 Å². The van der Waals surface area contributed by atoms with Crippen molar-refractivity contribution in [2.45, 2.75) is 45.3 Å². The molecule has 2 aromatic rings. The van der Waals surface area contributed by atoms with Gasteiger partial charge in [0.05, 0.1) is 13.2 Å². The number of rotatable bonds is 18. The maximum atomic E-state index is 11.5. The van der Waals surface area contributed by atoms with Gasteiger partial charge in [-0.05, 0) is 60.4 Å². The lowest BCUT2D eigenvalue weighted by Gasteiger charge is -2.26. The highest BCUT2D eigenvalue weighted by atomic mass is 28.2. The summed E-state index contributed by atoms with van der Waals surface area (Å²) in [6.45, 7) is 15.0. The van der Waals surface area contributed by atoms with E-state index in [0.717, 1.165) is 11.1 Å². The number of ether oxygens (including phenoxy) is 2. The van der Waals surface area contributed by atoms with Crippen molar-refractivity contribution < 1.29 is 38.1 Å². The molecule has 2 unspecified atom stereocenters. The molecule has 0 bridgehead atoms. The number of aliphatic hydroxyl groups excluding tert-OH is 2. The second-order valence-corrected chi connectivity index (χ2v) is 12.7. The molecule has 2 N–H and O–H groups in total. The SMILES string of the molecule is C=C(C)C(=O)[SiH2]OCC(O)COc1ccc(C(C)(C)c2ccc(OCC(O)CO[SiH2]C(=O)C(=C)C)cc2)cc1. The topological polar surface area (TPSA) is 112 Å². The van der Waals surface area contributed by atoms with E-state index in [1.165, 1.54) is 0 Å². The molecule has 212 valence electrons. The van der Waals surface area contributed by atoms with Crippen LogP contribution in [0.1, 0.15) is 38.8 Å². The molecule has 0 aliphatic rings. The molecule has 0 spiro atoms. The molecule has 0 radical (unpaired) electrons. The summed E-state index contributed by atoms with van der Waals surface area (Å²) in [4.78, 5) is 23.1. The van der Waals surface area contributed by atoms with Crippen molar-refractivity contribution in [1.29, 1.82) is 0 Å². The molecule has 0 amide bonds. The van der Waals surface area contributed by atoms with E-state index >= 15 is 0 Å². The first-order valence-electron chi connectivity index (χ1n) is 12.8. The van der Waals surface area contributed by atoms with E-state index < -0.39 is 31.7 Å². The molecule has 0 heterocycles. The van der Waals surface area contributed by atoms with Crippen LogP contribution in [0.5, 0.6) is 11.5 Å². The number of benzene rings is 2. The van der Waals surface area contributed by atoms with E-state index in [4.69, 9.17) is 18.3 Å². The second kappa shape index (κ2) is 15.7. The van der Waals surface area contributed by atoms with E-state index in [1.807, 2.05) is 48.5 Å². The first-order chi connectivity index (χ1) is 18.4. The van der Waals surface area contributed by atoms with Gasteiger partial charge >= 0.3 is 0 Å². The zero-order valence-electron chi connectivity index (χ0n) is 23.3. The zero-order chi connectivity index (χ0) is 29.0. The van der Waals surface area contributed by atoms with Crippen LogP contribution in [0, 0.1) is 0 Å². The molecule has 2 aromatic carbocycles. The summed E-state index contributed by atoms with van der Waals surface area (Å²) in [6, 6.07) is 15.4. The molecule has 0 saturated heterocycles. The van der Waals surface area contributed by atoms with Crippen molar-refractivity contribution in [1.82, 2.24) is 0 Å². The average Bonchev–Trinajstić information content (AvgIpc) is 2.91. The van der Waals surface area contributed by atoms with Crippen LogP contribution in [0.4, 0.5) is 0 Å². The van der Waals surface area contributed by atoms with Gasteiger partial charge in [-0.1, -0.05) is 51.3 Å². The van der Waals surface area contributed by atoms with Crippen LogP contribution < -0.4 is 9.47 Å². The van der Waals surface area contributed by atoms with Gasteiger partial charge in [-0.25, -0.2) is 0 Å². The van der Waals surface area contributed by atoms with Crippen molar-refractivity contribution in [2.24, 2.45) is 0 Å². The van der Waals surface area contributed by atoms with Crippen LogP contribution in [0.2, 0.25) is 0 Å². The normalized spacial score (nSPS) is 13.5. The molecule has 0 fully saturated rings. The Morgan fingerprint density at radius 1 is 0.718 bits per heavy atom. The lowest BCUT2D eigenvalue weighted by atomic mass is 9.78. The van der Waals surface area contributed by atoms with E-state index in [-0.39, 0.29) is 42.7 Å². The fraction of sp³-hybridized carbons (Fsp3) is 0.379. The van der Waals surface area contributed by atoms with Gasteiger partial charge < -0.3 is 28.5 Å². The van der Waals surface area contributed by atoms with Crippen LogP contribution in [0.25, 0.3) is 0 Å². The standard InChI is InChI=1S/C29H40O8Si2/c1-19(2)27(32)38-36-17-23(30)15-34-25-11-7-21(8-12-25)29(5,6)22-9-13-26(14-10-22)35-16-24(31)18-37-39-28(33)20(3)4/h7-14,23-24,30-31H,1,3,15-18,38-39H2,2,4-6H3. The number of hydrogen-bond acceptors (Lipinski definition) is 8. The summed E-state index contributed by atoms with van der Waals surface area (Å²) < 4.78 is 22.0. The quantitative estimate of drug-likeness (QED) is 0.206. The zero-order valence-corrected chi connectivity index (χ0v) is 26.1. The summed E-state index contributed by atoms with van der Waals surface area (Å²) in [7, 11) is -2.78. The van der Waals surface area contributed by atoms with Crippen molar-refractivity contribution in [3.63, 3.8) is 0 Å². The predicted molar refractivity (Wildman–Crippen MR) is 157 cm³/mol. The predicted octanol–water partition coefficient (Wildman–Crippen LogP) is 1.90. The summed E-state index contributed by atoms with van der Waals surface area (Å²) in [5, 5.41) is 20.0. The van der Waals surface area contributed by atoms with Crippen molar-refractivity contribution in [3.8, 4) is 11.5 Å². The minimum Gasteiger partial charge on any atom is -0.491 e. The van der Waals surface area contributed by atoms with E-state index in [1.54, 1.807) is 13.8 Å². The van der Waals surface area contributed by atoms with Crippen LogP contribution in [-0.2, 0) is 23.9 Å². The molecule has 2 rings (SSSR count). The minimum absolute atomic E-state index is 0.0564. The minimum atomic E-state index is -1.39. The third-order valence-corrected chi connectivity index (χ3v) is 8.69. The number of aliphatic hydroxyl groups is 2. The number of carbonyl (C=O) groups excluding carboxylic acids is 2. The van der Waals surface area contributed by atoms with Gasteiger partial charge in [0.2, 0.25) is 19.5 Å². The van der Waals surface area contributed by atoms with Crippen LogP contribution >= 0.6 is 0 Å². The molecule has 0 saturated carbocycles. The van der Waals surface area contributed by atoms with Crippen LogP contribution in [0.15, 0.2) is 72.8 Å². The van der Waals surface area contributed by atoms with E-state index in [2.05, 4.69) is 27.0 Å². The maximum absolute atomic E-state index is 11.5. The number of allylic oxidation sites excluding steroid dienone is 2. The largest absolute Gasteiger partial charge is 0.491 e. The van der Waals surface area contributed by atoms with Gasteiger partial charge in [-0.15, -0.1) is 0 Å². The van der Waals surface area contributed by atoms with Crippen LogP contribution in [0.3, 0.4) is 0 Å². The molecule has 0 aromatic heterocycles. The van der Waals surface area contributed by atoms with Crippen molar-refractivity contribution >= 4 is 30.3 Å². The highest BCUT2D eigenvalue weighted by Crippen LogP contribution is 2.33. The average molecular weight is 573 g/mol. The Morgan fingerprint density at radius 2 is 1.05 bits per heavy atom. The second-order valence-electron chi connectivity index (χ2n) is 10.0. The van der Waals surface area contributed by atoms with Crippen LogP contribution in [-0.4, -0.2) is 79.2 Å². The molecule has 10 heteroatoms. The number of carbonyl (C=O) groups is 2. The van der Waals surface area contributed by atoms with Gasteiger partial charge in [0.1, 0.15) is 36.9 Å². The van der Waals surface area contributed by atoms with Gasteiger partial charge in [0, 0.05) is 5.41 Å². The lowest BCUT2D eigenvalue weighted by Crippen LogP contribution is -2.26. The van der Waals surface area contributed by atoms with Gasteiger partial charge in [0.25, 0.3) is 0 Å². The van der Waals surface area contributed by atoms with Gasteiger partial charge in [-0.2, -0.15) is 0 Å². The van der Waals surface area contributed by atoms with E-state index in [9.17, 15) is 19.8 Å². The third-order valence-electron chi connectivity index (χ3n) is 6.08. The highest BCUT2D eigenvalue weighted by Gasteiger charge is 2.23. The summed E-state index contributed by atoms with van der Waals surface area (Å²) in [5.41, 5.74) is 2.83. The molecule has 2 atom stereocenters. The highest BCUT2D eigenvalue weighted by molar-refractivity contribution is 6.72.